The van der Waals surface area contributed by atoms with Gasteiger partial charge in [0.2, 0.25) is 0 Å². The molecule has 5 nitrogen and oxygen atoms in total. The number of carbonyl (C=O) groups is 2. The van der Waals surface area contributed by atoms with Crippen molar-refractivity contribution in [1.29, 1.82) is 0 Å². The van der Waals surface area contributed by atoms with Crippen LogP contribution in [0.25, 0.3) is 0 Å². The third-order valence-corrected chi connectivity index (χ3v) is 6.28. The Morgan fingerprint density at radius 2 is 1.88 bits per heavy atom. The Kier molecular flexibility index (Phi) is 4.04. The monoisotopic (exact) mass is 363 g/mol. The number of ether oxygens (including phenoxy) is 1. The van der Waals surface area contributed by atoms with Gasteiger partial charge in [-0.15, -0.1) is 0 Å². The number of esters is 1. The highest BCUT2D eigenvalue weighted by molar-refractivity contribution is 6.33. The molecule has 2 atom stereocenters. The Labute approximate surface area is 151 Å². The lowest BCUT2D eigenvalue weighted by Gasteiger charge is -2.58. The highest BCUT2D eigenvalue weighted by Crippen LogP contribution is 2.61. The van der Waals surface area contributed by atoms with Gasteiger partial charge in [0, 0.05) is 0 Å². The van der Waals surface area contributed by atoms with Gasteiger partial charge in [-0.3, -0.25) is 9.59 Å². The van der Waals surface area contributed by atoms with Crippen LogP contribution >= 0.6 is 11.6 Å². The van der Waals surface area contributed by atoms with Gasteiger partial charge >= 0.3 is 5.97 Å². The van der Waals surface area contributed by atoms with Gasteiger partial charge in [0.05, 0.1) is 21.7 Å². The van der Waals surface area contributed by atoms with Crippen molar-refractivity contribution in [2.75, 3.05) is 11.9 Å². The van der Waals surface area contributed by atoms with Crippen LogP contribution in [-0.4, -0.2) is 29.2 Å². The van der Waals surface area contributed by atoms with Gasteiger partial charge in [-0.1, -0.05) is 23.7 Å². The Bertz CT molecular complexity index is 705. The fourth-order valence-corrected chi connectivity index (χ4v) is 5.67. The molecule has 0 spiro atoms. The molecular weight excluding hydrogens is 342 g/mol. The predicted molar refractivity (Wildman–Crippen MR) is 93.1 cm³/mol. The summed E-state index contributed by atoms with van der Waals surface area (Å²) in [6.07, 6.45) is 4.72. The van der Waals surface area contributed by atoms with Crippen LogP contribution in [0.5, 0.6) is 0 Å². The topological polar surface area (TPSA) is 75.6 Å². The molecule has 2 N–H and O–H groups in total. The van der Waals surface area contributed by atoms with E-state index in [4.69, 9.17) is 16.3 Å². The minimum absolute atomic E-state index is 0.334. The maximum atomic E-state index is 12.7. The largest absolute Gasteiger partial charge is 0.455 e. The minimum atomic E-state index is -0.719. The molecule has 4 aliphatic carbocycles. The third-order valence-electron chi connectivity index (χ3n) is 5.95. The second-order valence-corrected chi connectivity index (χ2v) is 8.48. The number of hydrogen-bond donors (Lipinski definition) is 2. The first-order valence-corrected chi connectivity index (χ1v) is 9.19. The molecule has 134 valence electrons. The standard InChI is InChI=1S/C19H22ClNO4/c20-14-3-1-2-4-15(14)21-16(22)10-25-17(23)18-6-12-5-13(7-18)9-19(24,8-12)11-18/h1-4,12-13,24H,5-11H2,(H,21,22). The Morgan fingerprint density at radius 1 is 1.20 bits per heavy atom. The highest BCUT2D eigenvalue weighted by atomic mass is 35.5. The zero-order valence-electron chi connectivity index (χ0n) is 14.0. The van der Waals surface area contributed by atoms with Crippen LogP contribution in [0, 0.1) is 17.3 Å². The van der Waals surface area contributed by atoms with E-state index in [9.17, 15) is 14.7 Å². The van der Waals surface area contributed by atoms with Crippen LogP contribution in [0.3, 0.4) is 0 Å². The highest BCUT2D eigenvalue weighted by Gasteiger charge is 2.60. The molecule has 0 aromatic heterocycles. The van der Waals surface area contributed by atoms with E-state index in [2.05, 4.69) is 5.32 Å². The van der Waals surface area contributed by atoms with E-state index in [-0.39, 0.29) is 12.6 Å². The summed E-state index contributed by atoms with van der Waals surface area (Å²) in [6.45, 7) is -0.334. The molecule has 4 fully saturated rings. The van der Waals surface area contributed by atoms with Gasteiger partial charge in [-0.25, -0.2) is 0 Å². The molecule has 6 heteroatoms. The first kappa shape index (κ1) is 16.9. The van der Waals surface area contributed by atoms with Crippen LogP contribution in [0.1, 0.15) is 38.5 Å². The lowest BCUT2D eigenvalue weighted by Crippen LogP contribution is -2.58. The van der Waals surface area contributed by atoms with Crippen molar-refractivity contribution in [2.45, 2.75) is 44.1 Å². The van der Waals surface area contributed by atoms with Gasteiger partial charge < -0.3 is 15.2 Å². The molecular formula is C19H22ClNO4. The van der Waals surface area contributed by atoms with Crippen LogP contribution in [0.15, 0.2) is 24.3 Å². The number of halogens is 1. The number of amides is 1. The second-order valence-electron chi connectivity index (χ2n) is 8.07. The SMILES string of the molecule is O=C(COC(=O)C12CC3CC(CC(O)(C3)C1)C2)Nc1ccccc1Cl. The minimum Gasteiger partial charge on any atom is -0.455 e. The molecule has 0 saturated heterocycles. The van der Waals surface area contributed by atoms with E-state index in [1.54, 1.807) is 24.3 Å². The molecule has 1 aromatic carbocycles. The van der Waals surface area contributed by atoms with Crippen molar-refractivity contribution in [1.82, 2.24) is 0 Å². The number of para-hydroxylation sites is 1. The van der Waals surface area contributed by atoms with Crippen molar-refractivity contribution in [3.63, 3.8) is 0 Å². The molecule has 25 heavy (non-hydrogen) atoms. The molecule has 0 heterocycles. The average molecular weight is 364 g/mol. The average Bonchev–Trinajstić information content (AvgIpc) is 2.52. The number of anilines is 1. The number of nitrogens with one attached hydrogen (secondary N) is 1. The van der Waals surface area contributed by atoms with E-state index < -0.39 is 16.9 Å². The Hall–Kier alpha value is -1.59. The van der Waals surface area contributed by atoms with Gasteiger partial charge in [0.15, 0.2) is 6.61 Å². The van der Waals surface area contributed by atoms with Crippen LogP contribution in [-0.2, 0) is 14.3 Å². The van der Waals surface area contributed by atoms with Gasteiger partial charge in [-0.05, 0) is 62.5 Å². The number of rotatable bonds is 4. The van der Waals surface area contributed by atoms with Crippen molar-refractivity contribution in [3.8, 4) is 0 Å². The molecule has 1 amide bonds. The van der Waals surface area contributed by atoms with E-state index in [0.717, 1.165) is 32.1 Å². The third kappa shape index (κ3) is 3.15. The number of carbonyl (C=O) groups excluding carboxylic acids is 2. The molecule has 1 aromatic rings. The lowest BCUT2D eigenvalue weighted by molar-refractivity contribution is -0.196. The van der Waals surface area contributed by atoms with E-state index in [1.807, 2.05) is 0 Å². The van der Waals surface area contributed by atoms with Gasteiger partial charge in [0.1, 0.15) is 0 Å². The number of aliphatic hydroxyl groups is 1. The molecule has 0 radical (unpaired) electrons. The summed E-state index contributed by atoms with van der Waals surface area (Å²) in [5, 5.41) is 13.8. The second kappa shape index (κ2) is 5.99. The van der Waals surface area contributed by atoms with Crippen LogP contribution in [0.2, 0.25) is 5.02 Å². The smallest absolute Gasteiger partial charge is 0.312 e. The zero-order valence-corrected chi connectivity index (χ0v) is 14.7. The van der Waals surface area contributed by atoms with Crippen LogP contribution < -0.4 is 5.32 Å². The van der Waals surface area contributed by atoms with Gasteiger partial charge in [0.25, 0.3) is 5.91 Å². The number of benzene rings is 1. The maximum absolute atomic E-state index is 12.7. The summed E-state index contributed by atoms with van der Waals surface area (Å²) < 4.78 is 5.34. The van der Waals surface area contributed by atoms with E-state index in [0.29, 0.717) is 29.0 Å². The summed E-state index contributed by atoms with van der Waals surface area (Å²) >= 11 is 6.01. The molecule has 4 bridgehead atoms. The van der Waals surface area contributed by atoms with Crippen molar-refractivity contribution in [2.24, 2.45) is 17.3 Å². The lowest BCUT2D eigenvalue weighted by atomic mass is 9.48. The summed E-state index contributed by atoms with van der Waals surface area (Å²) in [5.74, 6) is 0.0470. The normalized spacial score (nSPS) is 35.4. The molecule has 2 unspecified atom stereocenters. The summed E-state index contributed by atoms with van der Waals surface area (Å²) in [4.78, 5) is 24.8. The van der Waals surface area contributed by atoms with Crippen molar-refractivity contribution >= 4 is 29.2 Å². The summed E-state index contributed by atoms with van der Waals surface area (Å²) in [7, 11) is 0. The molecule has 4 saturated carbocycles. The quantitative estimate of drug-likeness (QED) is 0.806. The van der Waals surface area contributed by atoms with Crippen molar-refractivity contribution < 1.29 is 19.4 Å². The Balaban J connectivity index is 1.38. The number of hydrogen-bond acceptors (Lipinski definition) is 4. The van der Waals surface area contributed by atoms with Gasteiger partial charge in [-0.2, -0.15) is 0 Å². The fraction of sp³-hybridized carbons (Fsp3) is 0.579. The maximum Gasteiger partial charge on any atom is 0.312 e. The first-order valence-electron chi connectivity index (χ1n) is 8.82. The fourth-order valence-electron chi connectivity index (χ4n) is 5.49. The zero-order chi connectivity index (χ0) is 17.7. The Morgan fingerprint density at radius 3 is 2.52 bits per heavy atom. The van der Waals surface area contributed by atoms with E-state index >= 15 is 0 Å². The molecule has 5 rings (SSSR count). The first-order chi connectivity index (χ1) is 11.9. The molecule has 4 aliphatic rings. The molecule has 0 aliphatic heterocycles. The van der Waals surface area contributed by atoms with Crippen LogP contribution in [0.4, 0.5) is 5.69 Å². The van der Waals surface area contributed by atoms with E-state index in [1.165, 1.54) is 0 Å². The summed E-state index contributed by atoms with van der Waals surface area (Å²) in [5.41, 5.74) is -0.832. The summed E-state index contributed by atoms with van der Waals surface area (Å²) in [6, 6.07) is 6.91. The van der Waals surface area contributed by atoms with Crippen molar-refractivity contribution in [3.05, 3.63) is 29.3 Å². The predicted octanol–water partition coefficient (Wildman–Crippen LogP) is 3.15.